The van der Waals surface area contributed by atoms with Crippen molar-refractivity contribution in [2.75, 3.05) is 54.5 Å². The first kappa shape index (κ1) is 95.6. The normalized spacial score (nSPS) is 10.7. The number of nitrogens with one attached hydrogen (secondary N) is 15. The van der Waals surface area contributed by atoms with Crippen molar-refractivity contribution in [2.24, 2.45) is 0 Å². The van der Waals surface area contributed by atoms with Gasteiger partial charge in [-0.05, 0) is 221 Å². The van der Waals surface area contributed by atoms with Gasteiger partial charge in [-0.15, -0.1) is 0 Å². The fourth-order valence-corrected chi connectivity index (χ4v) is 11.0. The van der Waals surface area contributed by atoms with Crippen molar-refractivity contribution in [3.05, 3.63) is 307 Å². The molecule has 0 aromatic heterocycles. The molecule has 10 aromatic rings. The van der Waals surface area contributed by atoms with E-state index in [0.717, 1.165) is 54.5 Å². The summed E-state index contributed by atoms with van der Waals surface area (Å²) in [6.07, 6.45) is 7.63. The van der Waals surface area contributed by atoms with Crippen molar-refractivity contribution in [1.29, 1.82) is 0 Å². The monoisotopic (exact) mass is 1740 g/mol. The van der Waals surface area contributed by atoms with Gasteiger partial charge in [0.05, 0.1) is 61.5 Å². The highest BCUT2D eigenvalue weighted by molar-refractivity contribution is 6.31. The van der Waals surface area contributed by atoms with Gasteiger partial charge in [0.1, 0.15) is 28.8 Å². The number of amides is 15. The molecule has 15 amide bonds. The lowest BCUT2D eigenvalue weighted by molar-refractivity contribution is -0.384. The lowest BCUT2D eigenvalue weighted by Gasteiger charge is -2.13. The number of esters is 1. The molecule has 10 aromatic carbocycles. The predicted molar refractivity (Wildman–Crippen MR) is 466 cm³/mol. The molecule has 1 saturated carbocycles. The maximum atomic E-state index is 13.7. The zero-order valence-electron chi connectivity index (χ0n) is 68.1. The average Bonchev–Trinajstić information content (AvgIpc) is 0.915. The summed E-state index contributed by atoms with van der Waals surface area (Å²) in [7, 11) is 4.20. The predicted octanol–water partition coefficient (Wildman–Crippen LogP) is 15.6. The number of rotatable bonds is 21. The summed E-state index contributed by atoms with van der Waals surface area (Å²) in [4.78, 5) is 141. The summed E-state index contributed by atoms with van der Waals surface area (Å²) in [5.41, 5.74) is 29.0. The van der Waals surface area contributed by atoms with Gasteiger partial charge in [-0.3, -0.25) is 61.2 Å². The number of non-ortho nitro benzene ring substituents is 1. The smallest absolute Gasteiger partial charge is 0.339 e. The summed E-state index contributed by atoms with van der Waals surface area (Å²) in [6.45, 7) is 8.34. The van der Waals surface area contributed by atoms with E-state index in [0.29, 0.717) is 67.7 Å². The van der Waals surface area contributed by atoms with E-state index in [1.54, 1.807) is 177 Å². The molecule has 0 aliphatic heterocycles. The maximum absolute atomic E-state index is 13.7. The number of halogens is 3. The van der Waals surface area contributed by atoms with Crippen LogP contribution in [0, 0.1) is 29.8 Å². The van der Waals surface area contributed by atoms with Crippen molar-refractivity contribution < 1.29 is 85.7 Å². The van der Waals surface area contributed by atoms with Gasteiger partial charge in [-0.1, -0.05) is 104 Å². The van der Waals surface area contributed by atoms with Crippen molar-refractivity contribution in [1.82, 2.24) is 54.3 Å². The minimum Gasteiger partial charge on any atom is -0.497 e. The molecule has 15 N–H and O–H groups in total. The molecule has 0 bridgehead atoms. The number of nitrogens with zero attached hydrogens (tertiary/aromatic N) is 1. The number of unbranched alkanes of at least 4 members (excludes halogenated alkanes) is 1. The number of urea groups is 5. The van der Waals surface area contributed by atoms with Crippen LogP contribution in [-0.4, -0.2) is 105 Å². The molecule has 0 unspecified atom stereocenters. The van der Waals surface area contributed by atoms with E-state index >= 15 is 0 Å². The molecular weight excluding hydrogens is 1650 g/mol. The van der Waals surface area contributed by atoms with Crippen LogP contribution in [0.25, 0.3) is 0 Å². The zero-order chi connectivity index (χ0) is 89.9. The van der Waals surface area contributed by atoms with Gasteiger partial charge in [-0.2, -0.15) is 0 Å². The van der Waals surface area contributed by atoms with Gasteiger partial charge in [0.15, 0.2) is 0 Å². The van der Waals surface area contributed by atoms with E-state index in [2.05, 4.69) is 92.5 Å². The van der Waals surface area contributed by atoms with Crippen molar-refractivity contribution in [3.8, 4) is 23.0 Å². The molecule has 124 heavy (non-hydrogen) atoms. The molecule has 34 nitrogen and oxygen atoms in total. The Balaban J connectivity index is 0.000000214. The van der Waals surface area contributed by atoms with Crippen LogP contribution in [-0.2, 0) is 11.2 Å². The number of para-hydroxylation sites is 2. The number of aryl methyl sites for hydroxylation is 3. The van der Waals surface area contributed by atoms with E-state index in [1.165, 1.54) is 82.7 Å². The summed E-state index contributed by atoms with van der Waals surface area (Å²) in [6, 6.07) is 58.3. The van der Waals surface area contributed by atoms with Gasteiger partial charge in [-0.25, -0.2) is 60.3 Å². The third-order valence-corrected chi connectivity index (χ3v) is 17.8. The maximum Gasteiger partial charge on any atom is 0.339 e. The van der Waals surface area contributed by atoms with E-state index in [-0.39, 0.29) is 45.8 Å². The van der Waals surface area contributed by atoms with Crippen LogP contribution < -0.4 is 99.8 Å². The van der Waals surface area contributed by atoms with Crippen molar-refractivity contribution in [3.63, 3.8) is 0 Å². The number of hydrogen-bond donors (Lipinski definition) is 15. The van der Waals surface area contributed by atoms with E-state index in [4.69, 9.17) is 42.1 Å². The van der Waals surface area contributed by atoms with Gasteiger partial charge in [0.25, 0.3) is 35.2 Å². The Morgan fingerprint density at radius 3 is 1.42 bits per heavy atom. The Labute approximate surface area is 722 Å². The number of nitro benzene ring substituents is 1. The van der Waals surface area contributed by atoms with Gasteiger partial charge in [0.2, 0.25) is 0 Å². The van der Waals surface area contributed by atoms with Gasteiger partial charge >= 0.3 is 36.1 Å². The SMILES string of the molecule is CCCCOc1ccc(C(=O)NNC(=O)Nc2ccc(C)cc2F)cc1.CCc1ccc(C(=O)NNC(=O)Nc2cccc(Cl)c2)cc1.COC(=O)c1ccccc1NC(=O)NNC(=O)c1ccc(OC2CCCC2)cc1.COc1ccc(C(=O)NNC(=O)Nc2ccc(C)c(Cl)c2)c(OC)c1.O=C(NNC(=O)c1ccc([N+](=O)[O-])cc1)Nc1ccccc1. The van der Waals surface area contributed by atoms with Crippen molar-refractivity contribution in [2.45, 2.75) is 78.7 Å². The average molecular weight is 1740 g/mol. The number of benzene rings is 10. The summed E-state index contributed by atoms with van der Waals surface area (Å²) >= 11 is 11.8. The molecule has 0 heterocycles. The highest BCUT2D eigenvalue weighted by Gasteiger charge is 2.21. The molecule has 0 atom stereocenters. The number of hydrogen-bond acceptors (Lipinski definition) is 18. The van der Waals surface area contributed by atoms with Crippen LogP contribution >= 0.6 is 23.2 Å². The van der Waals surface area contributed by atoms with Crippen LogP contribution in [0.4, 0.5) is 62.5 Å². The summed E-state index contributed by atoms with van der Waals surface area (Å²) in [5, 5.41) is 24.0. The number of anilines is 5. The molecule has 1 aliphatic rings. The summed E-state index contributed by atoms with van der Waals surface area (Å²) in [5.74, 6) is -1.33. The number of methoxy groups -OCH3 is 3. The Morgan fingerprint density at radius 2 is 0.919 bits per heavy atom. The number of carbonyl (C=O) groups excluding carboxylic acids is 11. The Bertz CT molecular complexity index is 5310. The quantitative estimate of drug-likeness (QED) is 0.0137. The molecule has 1 aliphatic carbocycles. The highest BCUT2D eigenvalue weighted by atomic mass is 35.5. The van der Waals surface area contributed by atoms with Crippen LogP contribution in [0.1, 0.15) is 131 Å². The lowest BCUT2D eigenvalue weighted by atomic mass is 10.1. The Kier molecular flexibility index (Phi) is 38.9. The third-order valence-electron chi connectivity index (χ3n) is 17.2. The van der Waals surface area contributed by atoms with Crippen LogP contribution in [0.2, 0.25) is 10.0 Å². The molecule has 11 rings (SSSR count). The topological polar surface area (TPSA) is 458 Å². The first-order valence-electron chi connectivity index (χ1n) is 38.1. The standard InChI is InChI=1S/C21H23N3O5.C19H22FN3O3.C17H18ClN3O4.C16H16ClN3O2.C14H12N4O4/c1-28-20(26)17-8-4-5-9-18(17)22-21(27)24-23-19(25)14-10-12-16(13-11-14)29-15-6-2-3-7-15;1-3-4-11-26-15-8-6-14(7-9-15)18(24)22-23-19(25)21-17-10-5-13(2)12-16(17)20;1-10-4-5-11(8-14(10)18)19-17(23)21-20-16(22)13-7-6-12(24-2)9-15(13)25-3;1-2-11-6-8-12(9-7-11)15(21)19-20-16(22)18-14-5-3-4-13(17)10-14;19-13(10-6-8-12(9-7-10)18(21)22)16-17-14(20)15-11-4-2-1-3-5-11/h4-5,8-13,15H,2-3,6-7H2,1H3,(H,23,25)(H2,22,24,27);5-10,12H,3-4,11H2,1-2H3,(H,22,24)(H2,21,23,25);4-9H,1-3H3,(H,20,22)(H2,19,21,23);3-10H,2H2,1H3,(H,19,21)(H2,18,20,22);1-9H,(H,16,19)(H2,15,17,20). The summed E-state index contributed by atoms with van der Waals surface area (Å²) < 4.78 is 40.0. The van der Waals surface area contributed by atoms with Crippen molar-refractivity contribution >= 4 is 123 Å². The van der Waals surface area contributed by atoms with Crippen LogP contribution in [0.5, 0.6) is 23.0 Å². The number of carbonyl (C=O) groups is 11. The first-order chi connectivity index (χ1) is 59.6. The fourth-order valence-electron chi connectivity index (χ4n) is 10.6. The number of nitro groups is 1. The molecule has 0 radical (unpaired) electrons. The number of ether oxygens (including phenoxy) is 5. The first-order valence-corrected chi connectivity index (χ1v) is 38.8. The van der Waals surface area contributed by atoms with Crippen LogP contribution in [0.3, 0.4) is 0 Å². The Morgan fingerprint density at radius 1 is 0.444 bits per heavy atom. The molecule has 0 saturated heterocycles. The largest absolute Gasteiger partial charge is 0.497 e. The molecule has 648 valence electrons. The second-order valence-corrected chi connectivity index (χ2v) is 27.1. The molecule has 0 spiro atoms. The zero-order valence-corrected chi connectivity index (χ0v) is 69.6. The molecular formula is C87H91Cl2FN16O18. The second-order valence-electron chi connectivity index (χ2n) is 26.2. The minimum absolute atomic E-state index is 0.0240. The van der Waals surface area contributed by atoms with E-state index in [1.807, 2.05) is 26.0 Å². The highest BCUT2D eigenvalue weighted by Crippen LogP contribution is 2.27. The minimum atomic E-state index is -0.749. The van der Waals surface area contributed by atoms with Gasteiger partial charge < -0.3 is 50.3 Å². The van der Waals surface area contributed by atoms with E-state index in [9.17, 15) is 67.2 Å². The second kappa shape index (κ2) is 50.4. The molecule has 1 fully saturated rings. The number of hydrazine groups is 5. The fraction of sp³-hybridized carbons (Fsp3) is 0.184. The Hall–Kier alpha value is -15.5. The van der Waals surface area contributed by atoms with E-state index < -0.39 is 70.5 Å². The molecule has 37 heteroatoms. The lowest BCUT2D eigenvalue weighted by Crippen LogP contribution is -2.44. The van der Waals surface area contributed by atoms with Gasteiger partial charge in [0, 0.05) is 67.6 Å². The third kappa shape index (κ3) is 33.0. The van der Waals surface area contributed by atoms with Crippen LogP contribution in [0.15, 0.2) is 231 Å².